The molecule has 2 aliphatic heterocycles. The maximum absolute atomic E-state index is 13.4. The second kappa shape index (κ2) is 13.1. The number of sulfonamides is 1. The average molecular weight is 619 g/mol. The van der Waals surface area contributed by atoms with E-state index in [0.717, 1.165) is 24.8 Å². The molecule has 0 bridgehead atoms. The van der Waals surface area contributed by atoms with E-state index in [9.17, 15) is 18.3 Å². The Labute approximate surface area is 258 Å². The van der Waals surface area contributed by atoms with Crippen molar-refractivity contribution < 1.29 is 32.5 Å². The van der Waals surface area contributed by atoms with Gasteiger partial charge in [-0.25, -0.2) is 8.42 Å². The summed E-state index contributed by atoms with van der Waals surface area (Å²) in [5.74, 6) is 0.569. The molecule has 0 saturated carbocycles. The van der Waals surface area contributed by atoms with E-state index >= 15 is 0 Å². The normalized spacial score (nSPS) is 19.3. The number of likely N-dealkylation sites (tertiary alicyclic amines) is 1. The van der Waals surface area contributed by atoms with Gasteiger partial charge in [-0.15, -0.1) is 0 Å². The molecule has 3 aromatic carbocycles. The molecule has 10 heteroatoms. The zero-order chi connectivity index (χ0) is 30.7. The molecule has 0 unspecified atom stereocenters. The summed E-state index contributed by atoms with van der Waals surface area (Å²) in [7, 11) is -2.37. The Bertz CT molecular complexity index is 1630. The molecule has 1 fully saturated rings. The number of ether oxygens (including phenoxy) is 3. The van der Waals surface area contributed by atoms with Gasteiger partial charge in [-0.2, -0.15) is 4.31 Å². The molecule has 1 N–H and O–H groups in total. The third-order valence-electron chi connectivity index (χ3n) is 8.60. The summed E-state index contributed by atoms with van der Waals surface area (Å²) in [6, 6.07) is 21.1. The Morgan fingerprint density at radius 1 is 1.00 bits per heavy atom. The van der Waals surface area contributed by atoms with Crippen molar-refractivity contribution in [3.05, 3.63) is 95.3 Å². The highest BCUT2D eigenvalue weighted by Gasteiger charge is 2.33. The molecule has 1 saturated heterocycles. The average Bonchev–Trinajstić information content (AvgIpc) is 3.72. The molecule has 3 aromatic rings. The number of aliphatic hydroxyl groups excluding tert-OH is 1. The number of methoxy groups -OCH3 is 1. The predicted octanol–water partition coefficient (Wildman–Crippen LogP) is 4.30. The first-order valence-corrected chi connectivity index (χ1v) is 16.6. The van der Waals surface area contributed by atoms with Gasteiger partial charge in [0.25, 0.3) is 5.91 Å². The van der Waals surface area contributed by atoms with Gasteiger partial charge in [-0.05, 0) is 77.4 Å². The number of allylic oxidation sites excluding steroid dienone is 1. The Balaban J connectivity index is 1.18. The lowest BCUT2D eigenvalue weighted by molar-refractivity contribution is -0.152. The minimum atomic E-state index is -3.88. The fourth-order valence-corrected chi connectivity index (χ4v) is 7.68. The Kier molecular flexibility index (Phi) is 9.04. The van der Waals surface area contributed by atoms with Crippen LogP contribution in [0, 0.1) is 0 Å². The number of amides is 1. The van der Waals surface area contributed by atoms with Crippen LogP contribution in [0.15, 0.2) is 83.5 Å². The molecule has 9 nitrogen and oxygen atoms in total. The fraction of sp³-hybridized carbons (Fsp3) is 0.382. The van der Waals surface area contributed by atoms with Crippen molar-refractivity contribution >= 4 is 15.9 Å². The molecule has 0 radical (unpaired) electrons. The zero-order valence-electron chi connectivity index (χ0n) is 24.9. The van der Waals surface area contributed by atoms with Crippen LogP contribution in [-0.2, 0) is 30.7 Å². The Hall–Kier alpha value is -3.70. The van der Waals surface area contributed by atoms with E-state index in [1.54, 1.807) is 12.1 Å². The van der Waals surface area contributed by atoms with Crippen molar-refractivity contribution in [2.24, 2.45) is 0 Å². The van der Waals surface area contributed by atoms with Crippen LogP contribution in [0.4, 0.5) is 0 Å². The molecule has 1 aliphatic carbocycles. The van der Waals surface area contributed by atoms with Gasteiger partial charge in [-0.3, -0.25) is 4.79 Å². The number of hydrogen-bond donors (Lipinski definition) is 1. The molecule has 0 spiro atoms. The standard InChI is InChI=1S/C34H38N2O7S/c1-41-28-9-11-29(12-10-28)44(39,40)36(16-18-37)17-19-42-33-23-26(22-32(43-33)34(38)35-14-4-5-15-35)24-8-13-31-27(20-24)21-25-6-2-3-7-30(25)31/h2-3,6-13,20,22,26,33,37H,4-5,14-19,21,23H2,1H3/t26-,33+/m1/s1. The van der Waals surface area contributed by atoms with Crippen LogP contribution < -0.4 is 4.74 Å². The quantitative estimate of drug-likeness (QED) is 0.267. The molecular formula is C34H38N2O7S. The number of carbonyl (C=O) groups is 1. The van der Waals surface area contributed by atoms with Crippen molar-refractivity contribution in [1.82, 2.24) is 9.21 Å². The van der Waals surface area contributed by atoms with Gasteiger partial charge < -0.3 is 24.2 Å². The number of benzene rings is 3. The zero-order valence-corrected chi connectivity index (χ0v) is 25.7. The number of hydrogen-bond acceptors (Lipinski definition) is 7. The van der Waals surface area contributed by atoms with Crippen LogP contribution in [-0.4, -0.2) is 81.4 Å². The summed E-state index contributed by atoms with van der Waals surface area (Å²) in [6.07, 6.45) is 4.46. The molecule has 44 heavy (non-hydrogen) atoms. The molecule has 2 atom stereocenters. The maximum atomic E-state index is 13.4. The number of rotatable bonds is 11. The first kappa shape index (κ1) is 30.3. The van der Waals surface area contributed by atoms with E-state index in [0.29, 0.717) is 25.3 Å². The summed E-state index contributed by atoms with van der Waals surface area (Å²) in [4.78, 5) is 15.3. The Morgan fingerprint density at radius 2 is 1.75 bits per heavy atom. The second-order valence-corrected chi connectivity index (χ2v) is 13.3. The van der Waals surface area contributed by atoms with Gasteiger partial charge in [0.15, 0.2) is 5.76 Å². The number of carbonyl (C=O) groups excluding carboxylic acids is 1. The summed E-state index contributed by atoms with van der Waals surface area (Å²) < 4.78 is 45.2. The Morgan fingerprint density at radius 3 is 2.50 bits per heavy atom. The van der Waals surface area contributed by atoms with Crippen molar-refractivity contribution in [3.8, 4) is 16.9 Å². The molecular weight excluding hydrogens is 580 g/mol. The molecule has 0 aromatic heterocycles. The highest BCUT2D eigenvalue weighted by molar-refractivity contribution is 7.89. The predicted molar refractivity (Wildman–Crippen MR) is 166 cm³/mol. The van der Waals surface area contributed by atoms with E-state index in [-0.39, 0.29) is 48.8 Å². The highest BCUT2D eigenvalue weighted by Crippen LogP contribution is 2.40. The fourth-order valence-electron chi connectivity index (χ4n) is 6.26. The van der Waals surface area contributed by atoms with Crippen LogP contribution in [0.25, 0.3) is 11.1 Å². The van der Waals surface area contributed by atoms with Gasteiger partial charge in [0, 0.05) is 38.5 Å². The highest BCUT2D eigenvalue weighted by atomic mass is 32.2. The first-order chi connectivity index (χ1) is 21.4. The summed E-state index contributed by atoms with van der Waals surface area (Å²) >= 11 is 0. The van der Waals surface area contributed by atoms with Gasteiger partial charge in [0.1, 0.15) is 5.75 Å². The monoisotopic (exact) mass is 618 g/mol. The lowest BCUT2D eigenvalue weighted by atomic mass is 9.90. The van der Waals surface area contributed by atoms with Gasteiger partial charge >= 0.3 is 0 Å². The number of nitrogens with zero attached hydrogens (tertiary/aromatic N) is 2. The van der Waals surface area contributed by atoms with Gasteiger partial charge in [0.2, 0.25) is 16.3 Å². The molecule has 1 amide bonds. The van der Waals surface area contributed by atoms with E-state index in [1.807, 2.05) is 11.0 Å². The van der Waals surface area contributed by atoms with E-state index in [2.05, 4.69) is 42.5 Å². The lowest BCUT2D eigenvalue weighted by Crippen LogP contribution is -2.38. The van der Waals surface area contributed by atoms with Gasteiger partial charge in [0.05, 0.1) is 25.2 Å². The van der Waals surface area contributed by atoms with Crippen LogP contribution in [0.1, 0.15) is 41.9 Å². The third-order valence-corrected chi connectivity index (χ3v) is 10.5. The van der Waals surface area contributed by atoms with E-state index in [4.69, 9.17) is 14.2 Å². The number of aliphatic hydroxyl groups is 1. The van der Waals surface area contributed by atoms with Crippen LogP contribution in [0.5, 0.6) is 5.75 Å². The summed E-state index contributed by atoms with van der Waals surface area (Å²) in [6.45, 7) is 1.02. The second-order valence-electron chi connectivity index (χ2n) is 11.3. The van der Waals surface area contributed by atoms with E-state index < -0.39 is 16.3 Å². The van der Waals surface area contributed by atoms with Crippen LogP contribution >= 0.6 is 0 Å². The van der Waals surface area contributed by atoms with Crippen molar-refractivity contribution in [2.75, 3.05) is 46.5 Å². The van der Waals surface area contributed by atoms with Gasteiger partial charge in [-0.1, -0.05) is 42.5 Å². The molecule has 232 valence electrons. The number of fused-ring (bicyclic) bond motifs is 3. The smallest absolute Gasteiger partial charge is 0.288 e. The van der Waals surface area contributed by atoms with Crippen molar-refractivity contribution in [1.29, 1.82) is 0 Å². The topological polar surface area (TPSA) is 106 Å². The lowest BCUT2D eigenvalue weighted by Gasteiger charge is -2.31. The third kappa shape index (κ3) is 6.25. The van der Waals surface area contributed by atoms with Crippen LogP contribution in [0.3, 0.4) is 0 Å². The minimum absolute atomic E-state index is 0.00960. The summed E-state index contributed by atoms with van der Waals surface area (Å²) in [5, 5.41) is 9.62. The summed E-state index contributed by atoms with van der Waals surface area (Å²) in [5.41, 5.74) is 6.16. The minimum Gasteiger partial charge on any atom is -0.497 e. The van der Waals surface area contributed by atoms with Crippen molar-refractivity contribution in [3.63, 3.8) is 0 Å². The van der Waals surface area contributed by atoms with Crippen molar-refractivity contribution in [2.45, 2.75) is 42.8 Å². The van der Waals surface area contributed by atoms with Crippen LogP contribution in [0.2, 0.25) is 0 Å². The molecule has 6 rings (SSSR count). The maximum Gasteiger partial charge on any atom is 0.288 e. The van der Waals surface area contributed by atoms with E-state index in [1.165, 1.54) is 45.8 Å². The first-order valence-electron chi connectivity index (χ1n) is 15.1. The molecule has 3 aliphatic rings. The molecule has 2 heterocycles. The SMILES string of the molecule is COc1ccc(S(=O)(=O)N(CCO)CCO[C@@H]2C[C@H](c3ccc4c(c3)Cc3ccccc3-4)C=C(C(=O)N3CCCC3)O2)cc1. The largest absolute Gasteiger partial charge is 0.497 e.